The Morgan fingerprint density at radius 3 is 2.45 bits per heavy atom. The smallest absolute Gasteiger partial charge is 0.348 e. The molecule has 12 radical (unpaired) electrons. The van der Waals surface area contributed by atoms with Gasteiger partial charge in [-0.3, -0.25) is 0 Å². The summed E-state index contributed by atoms with van der Waals surface area (Å²) < 4.78 is 4.94. The van der Waals surface area contributed by atoms with E-state index in [0.717, 1.165) is 0 Å². The van der Waals surface area contributed by atoms with Gasteiger partial charge in [-0.05, 0) is 25.0 Å². The van der Waals surface area contributed by atoms with Crippen LogP contribution in [-0.2, 0) is 16.4 Å². The summed E-state index contributed by atoms with van der Waals surface area (Å²) in [7, 11) is 35.9. The Morgan fingerprint density at radius 1 is 1.30 bits per heavy atom. The summed E-state index contributed by atoms with van der Waals surface area (Å²) >= 11 is 1.18. The molecule has 0 saturated heterocycles. The van der Waals surface area contributed by atoms with Gasteiger partial charge < -0.3 is 4.74 Å². The highest BCUT2D eigenvalue weighted by Gasteiger charge is 2.50. The van der Waals surface area contributed by atoms with E-state index in [2.05, 4.69) is 0 Å². The van der Waals surface area contributed by atoms with Gasteiger partial charge in [0.1, 0.15) is 4.88 Å². The molecule has 20 heavy (non-hydrogen) atoms. The number of thiophene rings is 1. The lowest BCUT2D eigenvalue weighted by atomic mass is 9.15. The Labute approximate surface area is 131 Å². The molecule has 88 valence electrons. The zero-order valence-corrected chi connectivity index (χ0v) is 12.0. The number of ether oxygens (including phenoxy) is 1. The zero-order valence-electron chi connectivity index (χ0n) is 11.2. The number of hydrogen-bond acceptors (Lipinski definition) is 3. The number of rotatable bonds is 2. The van der Waals surface area contributed by atoms with Gasteiger partial charge in [0.05, 0.1) is 53.7 Å². The zero-order chi connectivity index (χ0) is 15.3. The van der Waals surface area contributed by atoms with Gasteiger partial charge in [0.15, 0.2) is 0 Å². The molecule has 1 aromatic rings. The van der Waals surface area contributed by atoms with E-state index < -0.39 is 21.6 Å². The van der Waals surface area contributed by atoms with Crippen molar-refractivity contribution >= 4 is 64.4 Å². The van der Waals surface area contributed by atoms with Crippen LogP contribution in [0.5, 0.6) is 0 Å². The monoisotopic (exact) mass is 270 g/mol. The van der Waals surface area contributed by atoms with E-state index in [1.54, 1.807) is 13.0 Å². The third kappa shape index (κ3) is 2.13. The van der Waals surface area contributed by atoms with E-state index >= 15 is 0 Å². The van der Waals surface area contributed by atoms with Crippen LogP contribution in [0, 0.1) is 0 Å². The van der Waals surface area contributed by atoms with Crippen molar-refractivity contribution in [2.45, 2.75) is 29.0 Å². The Hall–Kier alpha value is -0.440. The van der Waals surface area contributed by atoms with Gasteiger partial charge in [-0.25, -0.2) is 4.79 Å². The number of carbonyl (C=O) groups is 1. The molecule has 0 amide bonds. The maximum Gasteiger partial charge on any atom is 0.348 e. The van der Waals surface area contributed by atoms with Gasteiger partial charge in [0.25, 0.3) is 0 Å². The van der Waals surface area contributed by atoms with E-state index in [4.69, 9.17) is 51.8 Å². The van der Waals surface area contributed by atoms with Gasteiger partial charge in [0.2, 0.25) is 0 Å². The molecule has 0 atom stereocenters. The first kappa shape index (κ1) is 15.9. The summed E-state index contributed by atoms with van der Waals surface area (Å²) in [6.07, 6.45) is 0.176. The highest BCUT2D eigenvalue weighted by molar-refractivity contribution is 7.14. The molecule has 0 aliphatic heterocycles. The van der Waals surface area contributed by atoms with Gasteiger partial charge in [-0.2, -0.15) is 0 Å². The summed E-state index contributed by atoms with van der Waals surface area (Å²) in [6, 6.07) is 1.54. The molecule has 0 unspecified atom stereocenters. The SMILES string of the molecule is [B]C1([B])Cc2sc(C(=O)OCC)cc2C([B])([B])C1([B])[B]. The normalized spacial score (nSPS) is 21.9. The molecule has 0 saturated carbocycles. The summed E-state index contributed by atoms with van der Waals surface area (Å²) in [5.74, 6) is -0.456. The predicted molar refractivity (Wildman–Crippen MR) is 85.6 cm³/mol. The Bertz CT molecular complexity index is 551. The van der Waals surface area contributed by atoms with E-state index in [1.807, 2.05) is 0 Å². The second kappa shape index (κ2) is 4.79. The van der Waals surface area contributed by atoms with Crippen molar-refractivity contribution in [1.82, 2.24) is 0 Å². The lowest BCUT2D eigenvalue weighted by Crippen LogP contribution is -2.54. The highest BCUT2D eigenvalue weighted by atomic mass is 32.1. The second-order valence-corrected chi connectivity index (χ2v) is 6.26. The summed E-state index contributed by atoms with van der Waals surface area (Å²) in [5.41, 5.74) is 0.474. The average molecular weight is 269 g/mol. The van der Waals surface area contributed by atoms with E-state index in [-0.39, 0.29) is 13.0 Å². The largest absolute Gasteiger partial charge is 0.462 e. The van der Waals surface area contributed by atoms with Crippen molar-refractivity contribution < 1.29 is 9.53 Å². The van der Waals surface area contributed by atoms with Gasteiger partial charge in [-0.15, -0.1) is 21.8 Å². The van der Waals surface area contributed by atoms with Crippen LogP contribution in [0.3, 0.4) is 0 Å². The second-order valence-electron chi connectivity index (χ2n) is 5.12. The molecule has 0 spiro atoms. The van der Waals surface area contributed by atoms with Crippen molar-refractivity contribution in [3.63, 3.8) is 0 Å². The Morgan fingerprint density at radius 2 is 1.90 bits per heavy atom. The third-order valence-electron chi connectivity index (χ3n) is 3.64. The van der Waals surface area contributed by atoms with Crippen molar-refractivity contribution in [1.29, 1.82) is 0 Å². The van der Waals surface area contributed by atoms with Gasteiger partial charge in [-0.1, -0.05) is 5.21 Å². The highest BCUT2D eigenvalue weighted by Crippen LogP contribution is 2.60. The molecule has 0 N–H and O–H groups in total. The first-order valence-corrected chi connectivity index (χ1v) is 6.90. The van der Waals surface area contributed by atoms with E-state index in [1.165, 1.54) is 11.3 Å². The van der Waals surface area contributed by atoms with Crippen LogP contribution < -0.4 is 0 Å². The molecule has 2 nitrogen and oxygen atoms in total. The molecule has 0 bridgehead atoms. The topological polar surface area (TPSA) is 26.3 Å². The third-order valence-corrected chi connectivity index (χ3v) is 4.75. The van der Waals surface area contributed by atoms with Crippen molar-refractivity contribution in [2.24, 2.45) is 0 Å². The van der Waals surface area contributed by atoms with Crippen LogP contribution in [0.4, 0.5) is 0 Å². The first-order chi connectivity index (χ1) is 9.04. The van der Waals surface area contributed by atoms with Crippen LogP contribution >= 0.6 is 11.3 Å². The fourth-order valence-corrected chi connectivity index (χ4v) is 3.47. The molecule has 1 heterocycles. The van der Waals surface area contributed by atoms with Crippen LogP contribution in [-0.4, -0.2) is 59.7 Å². The van der Waals surface area contributed by atoms with Crippen LogP contribution in [0.2, 0.25) is 10.4 Å². The minimum Gasteiger partial charge on any atom is -0.462 e. The van der Waals surface area contributed by atoms with Crippen molar-refractivity contribution in [3.8, 4) is 0 Å². The minimum absolute atomic E-state index is 0.176. The van der Waals surface area contributed by atoms with Crippen LogP contribution in [0.1, 0.15) is 27.0 Å². The van der Waals surface area contributed by atoms with E-state index in [0.29, 0.717) is 15.3 Å². The van der Waals surface area contributed by atoms with E-state index in [9.17, 15) is 4.79 Å². The molecule has 1 aliphatic rings. The Balaban J connectivity index is 2.53. The first-order valence-electron chi connectivity index (χ1n) is 6.08. The van der Waals surface area contributed by atoms with Crippen molar-refractivity contribution in [2.75, 3.05) is 6.61 Å². The number of carbonyl (C=O) groups excluding carboxylic acids is 1. The molecule has 0 fully saturated rings. The Kier molecular flexibility index (Phi) is 3.82. The number of fused-ring (bicyclic) bond motifs is 1. The molecular formula is C11H8B6O2S. The standard InChI is InChI=1S/C11H8B6O2S/c1-2-19-8(18)6-3-5-7(20-6)4-9(12,13)11(16,17)10(5,14)15/h3H,2,4H2,1H3. The van der Waals surface area contributed by atoms with Crippen molar-refractivity contribution in [3.05, 3.63) is 21.4 Å². The lowest BCUT2D eigenvalue weighted by Gasteiger charge is -2.59. The van der Waals surface area contributed by atoms with Gasteiger partial charge >= 0.3 is 5.97 Å². The number of esters is 1. The molecule has 1 aliphatic carbocycles. The average Bonchev–Trinajstić information content (AvgIpc) is 2.71. The predicted octanol–water partition coefficient (Wildman–Crippen LogP) is -0.123. The maximum atomic E-state index is 11.8. The summed E-state index contributed by atoms with van der Waals surface area (Å²) in [5, 5.41) is -4.86. The maximum absolute atomic E-state index is 11.8. The lowest BCUT2D eigenvalue weighted by molar-refractivity contribution is 0.0532. The van der Waals surface area contributed by atoms with Crippen LogP contribution in [0.25, 0.3) is 0 Å². The fourth-order valence-electron chi connectivity index (χ4n) is 2.23. The number of hydrogen-bond donors (Lipinski definition) is 0. The minimum atomic E-state index is -1.72. The molecule has 9 heteroatoms. The van der Waals surface area contributed by atoms with Gasteiger partial charge in [0, 0.05) is 4.88 Å². The van der Waals surface area contributed by atoms with Crippen LogP contribution in [0.15, 0.2) is 6.07 Å². The summed E-state index contributed by atoms with van der Waals surface area (Å²) in [4.78, 5) is 12.8. The quantitative estimate of drug-likeness (QED) is 0.552. The molecule has 0 aromatic carbocycles. The summed E-state index contributed by atoms with van der Waals surface area (Å²) in [6.45, 7) is 1.99. The fraction of sp³-hybridized carbons (Fsp3) is 0.545. The molecule has 1 aromatic heterocycles. The molecular weight excluding hydrogens is 261 g/mol. The molecule has 2 rings (SSSR count).